The number of anilines is 1. The second-order valence-electron chi connectivity index (χ2n) is 5.29. The molecule has 0 aliphatic rings. The highest BCUT2D eigenvalue weighted by Crippen LogP contribution is 2.11. The van der Waals surface area contributed by atoms with Gasteiger partial charge < -0.3 is 16.0 Å². The van der Waals surface area contributed by atoms with Crippen LogP contribution in [0.25, 0.3) is 0 Å². The summed E-state index contributed by atoms with van der Waals surface area (Å²) in [6, 6.07) is 5.61. The average molecular weight is 491 g/mol. The van der Waals surface area contributed by atoms with Gasteiger partial charge in [-0.3, -0.25) is 4.79 Å². The van der Waals surface area contributed by atoms with Gasteiger partial charge in [0.05, 0.1) is 5.01 Å². The molecule has 0 bridgehead atoms. The van der Waals surface area contributed by atoms with Crippen molar-refractivity contribution in [1.29, 1.82) is 0 Å². The molecule has 1 amide bonds. The number of aliphatic imine (C=N–C) groups is 1. The molecule has 2 aromatic rings. The van der Waals surface area contributed by atoms with Crippen LogP contribution < -0.4 is 16.0 Å². The van der Waals surface area contributed by atoms with Crippen LogP contribution in [-0.4, -0.2) is 36.5 Å². The molecule has 1 heterocycles. The SMILES string of the molecule is CCNC(=NCC(=O)Nc1ccc(F)cc1)NCCc1ncc(C)s1.I. The predicted molar refractivity (Wildman–Crippen MR) is 115 cm³/mol. The van der Waals surface area contributed by atoms with E-state index in [1.54, 1.807) is 11.3 Å². The minimum atomic E-state index is -0.343. The molecule has 1 aromatic carbocycles. The Morgan fingerprint density at radius 2 is 2.00 bits per heavy atom. The monoisotopic (exact) mass is 491 g/mol. The van der Waals surface area contributed by atoms with Gasteiger partial charge in [-0.1, -0.05) is 0 Å². The van der Waals surface area contributed by atoms with Crippen molar-refractivity contribution < 1.29 is 9.18 Å². The number of guanidine groups is 1. The van der Waals surface area contributed by atoms with Crippen molar-refractivity contribution in [2.45, 2.75) is 20.3 Å². The Bertz CT molecular complexity index is 720. The lowest BCUT2D eigenvalue weighted by molar-refractivity contribution is -0.114. The molecule has 1 aromatic heterocycles. The minimum Gasteiger partial charge on any atom is -0.357 e. The van der Waals surface area contributed by atoms with Crippen molar-refractivity contribution in [3.05, 3.63) is 46.2 Å². The van der Waals surface area contributed by atoms with E-state index in [0.29, 0.717) is 24.7 Å². The molecule has 142 valence electrons. The van der Waals surface area contributed by atoms with Gasteiger partial charge >= 0.3 is 0 Å². The lowest BCUT2D eigenvalue weighted by Gasteiger charge is -2.10. The molecule has 0 atom stereocenters. The lowest BCUT2D eigenvalue weighted by Crippen LogP contribution is -2.39. The maximum atomic E-state index is 12.9. The number of carbonyl (C=O) groups is 1. The number of rotatable bonds is 7. The summed E-state index contributed by atoms with van der Waals surface area (Å²) >= 11 is 1.67. The van der Waals surface area contributed by atoms with Gasteiger partial charge in [-0.2, -0.15) is 0 Å². The van der Waals surface area contributed by atoms with Crippen LogP contribution in [0.3, 0.4) is 0 Å². The third-order valence-electron chi connectivity index (χ3n) is 3.15. The predicted octanol–water partition coefficient (Wildman–Crippen LogP) is 2.94. The van der Waals surface area contributed by atoms with Crippen LogP contribution in [0.15, 0.2) is 35.5 Å². The van der Waals surface area contributed by atoms with E-state index in [9.17, 15) is 9.18 Å². The number of carbonyl (C=O) groups excluding carboxylic acids is 1. The number of thiazole rings is 1. The summed E-state index contributed by atoms with van der Waals surface area (Å²) in [5.41, 5.74) is 0.540. The van der Waals surface area contributed by atoms with Gasteiger partial charge in [0.25, 0.3) is 0 Å². The molecule has 0 aliphatic carbocycles. The first-order chi connectivity index (χ1) is 12.1. The van der Waals surface area contributed by atoms with Gasteiger partial charge in [0.15, 0.2) is 5.96 Å². The van der Waals surface area contributed by atoms with Crippen molar-refractivity contribution in [2.75, 3.05) is 25.0 Å². The highest BCUT2D eigenvalue weighted by molar-refractivity contribution is 14.0. The Morgan fingerprint density at radius 1 is 1.27 bits per heavy atom. The first kappa shape index (κ1) is 22.3. The molecule has 0 aliphatic heterocycles. The normalized spacial score (nSPS) is 10.8. The van der Waals surface area contributed by atoms with Crippen LogP contribution in [-0.2, 0) is 11.2 Å². The zero-order chi connectivity index (χ0) is 18.1. The molecule has 0 unspecified atom stereocenters. The molecule has 9 heteroatoms. The second kappa shape index (κ2) is 11.8. The largest absolute Gasteiger partial charge is 0.357 e. The molecule has 26 heavy (non-hydrogen) atoms. The number of nitrogens with one attached hydrogen (secondary N) is 3. The van der Waals surface area contributed by atoms with Gasteiger partial charge in [0.2, 0.25) is 5.91 Å². The molecule has 0 saturated heterocycles. The standard InChI is InChI=1S/C17H22FN5OS.HI/c1-3-19-17(20-9-8-16-21-10-12(2)25-16)22-11-15(24)23-14-6-4-13(18)5-7-14;/h4-7,10H,3,8-9,11H2,1-2H3,(H,23,24)(H2,19,20,22);1H. The van der Waals surface area contributed by atoms with E-state index in [-0.39, 0.29) is 42.2 Å². The summed E-state index contributed by atoms with van der Waals surface area (Å²) in [6.45, 7) is 5.34. The molecular formula is C17H23FIN5OS. The third-order valence-corrected chi connectivity index (χ3v) is 4.13. The number of hydrogen-bond acceptors (Lipinski definition) is 4. The first-order valence-electron chi connectivity index (χ1n) is 8.05. The molecule has 2 rings (SSSR count). The number of aryl methyl sites for hydroxylation is 1. The molecular weight excluding hydrogens is 468 g/mol. The fourth-order valence-corrected chi connectivity index (χ4v) is 2.82. The Hall–Kier alpha value is -1.75. The van der Waals surface area contributed by atoms with Crippen LogP contribution in [0.4, 0.5) is 10.1 Å². The Labute approximate surface area is 173 Å². The highest BCUT2D eigenvalue weighted by Gasteiger charge is 2.04. The molecule has 0 spiro atoms. The van der Waals surface area contributed by atoms with Crippen LogP contribution in [0.5, 0.6) is 0 Å². The number of nitrogens with zero attached hydrogens (tertiary/aromatic N) is 2. The van der Waals surface area contributed by atoms with Crippen LogP contribution in [0.2, 0.25) is 0 Å². The third kappa shape index (κ3) is 8.09. The summed E-state index contributed by atoms with van der Waals surface area (Å²) < 4.78 is 12.9. The zero-order valence-corrected chi connectivity index (χ0v) is 17.9. The summed E-state index contributed by atoms with van der Waals surface area (Å²) in [7, 11) is 0. The van der Waals surface area contributed by atoms with Gasteiger partial charge in [0.1, 0.15) is 12.4 Å². The lowest BCUT2D eigenvalue weighted by atomic mass is 10.3. The van der Waals surface area contributed by atoms with Crippen molar-refractivity contribution in [3.8, 4) is 0 Å². The number of benzene rings is 1. The topological polar surface area (TPSA) is 78.4 Å². The minimum absolute atomic E-state index is 0. The van der Waals surface area contributed by atoms with E-state index in [4.69, 9.17) is 0 Å². The number of aromatic nitrogens is 1. The zero-order valence-electron chi connectivity index (χ0n) is 14.7. The van der Waals surface area contributed by atoms with Crippen molar-refractivity contribution in [2.24, 2.45) is 4.99 Å². The Kier molecular flexibility index (Phi) is 10.1. The highest BCUT2D eigenvalue weighted by atomic mass is 127. The summed E-state index contributed by atoms with van der Waals surface area (Å²) in [5.74, 6) is -0.0329. The van der Waals surface area contributed by atoms with Gasteiger partial charge in [-0.05, 0) is 38.1 Å². The van der Waals surface area contributed by atoms with E-state index in [2.05, 4.69) is 25.9 Å². The number of hydrogen-bond donors (Lipinski definition) is 3. The summed E-state index contributed by atoms with van der Waals surface area (Å²) in [4.78, 5) is 21.7. The quantitative estimate of drug-likeness (QED) is 0.316. The number of halogens is 2. The molecule has 3 N–H and O–H groups in total. The van der Waals surface area contributed by atoms with Gasteiger partial charge in [0, 0.05) is 36.3 Å². The van der Waals surface area contributed by atoms with Crippen molar-refractivity contribution in [1.82, 2.24) is 15.6 Å². The second-order valence-corrected chi connectivity index (χ2v) is 6.61. The maximum absolute atomic E-state index is 12.9. The fraction of sp³-hybridized carbons (Fsp3) is 0.353. The molecule has 0 fully saturated rings. The first-order valence-corrected chi connectivity index (χ1v) is 8.87. The molecule has 0 radical (unpaired) electrons. The summed E-state index contributed by atoms with van der Waals surface area (Å²) in [6.07, 6.45) is 2.66. The summed E-state index contributed by atoms with van der Waals surface area (Å²) in [5, 5.41) is 10.0. The van der Waals surface area contributed by atoms with E-state index < -0.39 is 0 Å². The van der Waals surface area contributed by atoms with E-state index in [0.717, 1.165) is 11.4 Å². The number of amides is 1. The maximum Gasteiger partial charge on any atom is 0.246 e. The smallest absolute Gasteiger partial charge is 0.246 e. The average Bonchev–Trinajstić information content (AvgIpc) is 3.00. The van der Waals surface area contributed by atoms with Crippen LogP contribution in [0.1, 0.15) is 16.8 Å². The molecule has 6 nitrogen and oxygen atoms in total. The Balaban J connectivity index is 0.00000338. The van der Waals surface area contributed by atoms with Crippen molar-refractivity contribution >= 4 is 52.9 Å². The van der Waals surface area contributed by atoms with E-state index >= 15 is 0 Å². The Morgan fingerprint density at radius 3 is 2.62 bits per heavy atom. The van der Waals surface area contributed by atoms with E-state index in [1.807, 2.05) is 20.0 Å². The van der Waals surface area contributed by atoms with Crippen molar-refractivity contribution in [3.63, 3.8) is 0 Å². The van der Waals surface area contributed by atoms with E-state index in [1.165, 1.54) is 29.1 Å². The van der Waals surface area contributed by atoms with Gasteiger partial charge in [-0.15, -0.1) is 35.3 Å². The van der Waals surface area contributed by atoms with Crippen LogP contribution in [0, 0.1) is 12.7 Å². The molecule has 0 saturated carbocycles. The van der Waals surface area contributed by atoms with Crippen LogP contribution >= 0.6 is 35.3 Å². The fourth-order valence-electron chi connectivity index (χ4n) is 2.03. The van der Waals surface area contributed by atoms with Gasteiger partial charge in [-0.25, -0.2) is 14.4 Å².